The van der Waals surface area contributed by atoms with Crippen molar-refractivity contribution in [3.8, 4) is 0 Å². The van der Waals surface area contributed by atoms with Crippen molar-refractivity contribution >= 4 is 41.1 Å². The minimum atomic E-state index is -0.647. The molecular formula is C14H27N3O4S2. The molecular weight excluding hydrogens is 338 g/mol. The first kappa shape index (κ1) is 21.9. The minimum absolute atomic E-state index is 0.379. The molecule has 0 aromatic carbocycles. The molecule has 134 valence electrons. The van der Waals surface area contributed by atoms with Crippen LogP contribution in [-0.2, 0) is 9.57 Å². The monoisotopic (exact) mass is 365 g/mol. The summed E-state index contributed by atoms with van der Waals surface area (Å²) >= 11 is 2.34. The van der Waals surface area contributed by atoms with Gasteiger partial charge in [0.25, 0.3) is 0 Å². The van der Waals surface area contributed by atoms with Crippen molar-refractivity contribution in [2.24, 2.45) is 5.16 Å². The van der Waals surface area contributed by atoms with E-state index in [1.807, 2.05) is 20.1 Å². The van der Waals surface area contributed by atoms with Crippen LogP contribution in [0.4, 0.5) is 9.59 Å². The lowest BCUT2D eigenvalue weighted by molar-refractivity contribution is 0.123. The molecule has 0 fully saturated rings. The SMILES string of the molecule is CCCCOC(=O)N(CCCC)SN(C)C(=O)O/N=C(/C)SC. The fraction of sp³-hybridized carbons (Fsp3) is 0.786. The number of hydrogen-bond donors (Lipinski definition) is 0. The lowest BCUT2D eigenvalue weighted by Gasteiger charge is -2.24. The lowest BCUT2D eigenvalue weighted by Crippen LogP contribution is -2.32. The van der Waals surface area contributed by atoms with Gasteiger partial charge in [0.05, 0.1) is 18.7 Å². The number of nitrogens with zero attached hydrogens (tertiary/aromatic N) is 3. The highest BCUT2D eigenvalue weighted by Crippen LogP contribution is 2.18. The maximum Gasteiger partial charge on any atom is 0.447 e. The zero-order valence-corrected chi connectivity index (χ0v) is 16.2. The van der Waals surface area contributed by atoms with Crippen LogP contribution < -0.4 is 0 Å². The Kier molecular flexibility index (Phi) is 12.7. The van der Waals surface area contributed by atoms with Crippen LogP contribution in [0.3, 0.4) is 0 Å². The number of amides is 2. The maximum atomic E-state index is 12.1. The summed E-state index contributed by atoms with van der Waals surface area (Å²) in [5.74, 6) is 0. The van der Waals surface area contributed by atoms with Crippen molar-refractivity contribution < 1.29 is 19.2 Å². The van der Waals surface area contributed by atoms with Crippen LogP contribution in [0.15, 0.2) is 5.16 Å². The summed E-state index contributed by atoms with van der Waals surface area (Å²) in [6.07, 6.45) is 4.27. The van der Waals surface area contributed by atoms with E-state index in [4.69, 9.17) is 9.57 Å². The molecule has 0 aromatic rings. The zero-order chi connectivity index (χ0) is 17.7. The summed E-state index contributed by atoms with van der Waals surface area (Å²) in [6, 6.07) is 0. The van der Waals surface area contributed by atoms with E-state index < -0.39 is 12.2 Å². The quantitative estimate of drug-likeness (QED) is 0.151. The van der Waals surface area contributed by atoms with Crippen molar-refractivity contribution in [2.75, 3.05) is 26.5 Å². The van der Waals surface area contributed by atoms with Gasteiger partial charge in [0.15, 0.2) is 0 Å². The highest BCUT2D eigenvalue weighted by Gasteiger charge is 2.22. The summed E-state index contributed by atoms with van der Waals surface area (Å²) in [6.45, 7) is 6.67. The molecule has 0 aliphatic rings. The largest absolute Gasteiger partial charge is 0.449 e. The van der Waals surface area contributed by atoms with Gasteiger partial charge in [-0.1, -0.05) is 31.8 Å². The molecule has 0 spiro atoms. The Hall–Kier alpha value is -1.09. The number of oxime groups is 1. The standard InChI is InChI=1S/C14H27N3O4S2/c1-6-8-10-17(14(19)20-11-9-7-2)23-16(4)13(18)21-15-12(3)22-5/h6-11H2,1-5H3/b15-12-. The van der Waals surface area contributed by atoms with E-state index in [1.165, 1.54) is 27.4 Å². The van der Waals surface area contributed by atoms with Crippen LogP contribution in [0.5, 0.6) is 0 Å². The molecule has 0 atom stereocenters. The van der Waals surface area contributed by atoms with E-state index in [0.29, 0.717) is 18.2 Å². The van der Waals surface area contributed by atoms with E-state index in [-0.39, 0.29) is 0 Å². The first-order chi connectivity index (χ1) is 11.0. The third kappa shape index (κ3) is 10.3. The average Bonchev–Trinajstić information content (AvgIpc) is 2.55. The Balaban J connectivity index is 4.54. The van der Waals surface area contributed by atoms with Crippen LogP contribution >= 0.6 is 23.9 Å². The predicted molar refractivity (Wildman–Crippen MR) is 96.3 cm³/mol. The molecule has 23 heavy (non-hydrogen) atoms. The number of unbranched alkanes of at least 4 members (excludes halogenated alkanes) is 2. The number of carbonyl (C=O) groups is 2. The van der Waals surface area contributed by atoms with E-state index >= 15 is 0 Å². The van der Waals surface area contributed by atoms with Gasteiger partial charge >= 0.3 is 12.2 Å². The molecule has 0 heterocycles. The Morgan fingerprint density at radius 1 is 1.13 bits per heavy atom. The van der Waals surface area contributed by atoms with Crippen LogP contribution in [0.25, 0.3) is 0 Å². The molecule has 0 aliphatic heterocycles. The normalized spacial score (nSPS) is 11.1. The molecule has 0 unspecified atom stereocenters. The third-order valence-electron chi connectivity index (χ3n) is 2.67. The summed E-state index contributed by atoms with van der Waals surface area (Å²) in [5, 5.41) is 4.32. The molecule has 0 rings (SSSR count). The number of thioether (sulfide) groups is 1. The maximum absolute atomic E-state index is 12.1. The van der Waals surface area contributed by atoms with Gasteiger partial charge in [-0.15, -0.1) is 11.8 Å². The van der Waals surface area contributed by atoms with Crippen molar-refractivity contribution in [2.45, 2.75) is 46.5 Å². The molecule has 0 saturated carbocycles. The van der Waals surface area contributed by atoms with Crippen molar-refractivity contribution in [3.63, 3.8) is 0 Å². The molecule has 0 bridgehead atoms. The molecule has 0 aromatic heterocycles. The van der Waals surface area contributed by atoms with Crippen LogP contribution in [0.2, 0.25) is 0 Å². The molecule has 9 heteroatoms. The van der Waals surface area contributed by atoms with Gasteiger partial charge < -0.3 is 4.74 Å². The van der Waals surface area contributed by atoms with Crippen LogP contribution in [0.1, 0.15) is 46.5 Å². The van der Waals surface area contributed by atoms with Gasteiger partial charge in [-0.3, -0.25) is 4.84 Å². The Morgan fingerprint density at radius 2 is 1.78 bits per heavy atom. The van der Waals surface area contributed by atoms with Gasteiger partial charge in [-0.05, 0) is 26.0 Å². The van der Waals surface area contributed by atoms with E-state index in [1.54, 1.807) is 6.92 Å². The van der Waals surface area contributed by atoms with Crippen molar-refractivity contribution in [1.29, 1.82) is 0 Å². The second kappa shape index (κ2) is 13.4. The highest BCUT2D eigenvalue weighted by molar-refractivity contribution is 8.13. The third-order valence-corrected chi connectivity index (χ3v) is 4.26. The second-order valence-electron chi connectivity index (χ2n) is 4.67. The van der Waals surface area contributed by atoms with Crippen molar-refractivity contribution in [3.05, 3.63) is 0 Å². The molecule has 7 nitrogen and oxygen atoms in total. The summed E-state index contributed by atoms with van der Waals surface area (Å²) < 4.78 is 7.83. The van der Waals surface area contributed by atoms with Gasteiger partial charge in [-0.25, -0.2) is 18.2 Å². The molecule has 0 N–H and O–H groups in total. The fourth-order valence-electron chi connectivity index (χ4n) is 1.22. The smallest absolute Gasteiger partial charge is 0.447 e. The Labute approximate surface area is 147 Å². The fourth-order valence-corrected chi connectivity index (χ4v) is 2.06. The van der Waals surface area contributed by atoms with Crippen LogP contribution in [-0.4, -0.2) is 52.3 Å². The number of carbonyl (C=O) groups excluding carboxylic acids is 2. The summed E-state index contributed by atoms with van der Waals surface area (Å²) in [7, 11) is 1.52. The number of ether oxygens (including phenoxy) is 1. The topological polar surface area (TPSA) is 71.4 Å². The Bertz CT molecular complexity index is 394. The van der Waals surface area contributed by atoms with Crippen molar-refractivity contribution in [1.82, 2.24) is 8.61 Å². The minimum Gasteiger partial charge on any atom is -0.449 e. The molecule has 0 aliphatic carbocycles. The first-order valence-corrected chi connectivity index (χ1v) is 9.57. The first-order valence-electron chi connectivity index (χ1n) is 7.61. The number of hydrogen-bond acceptors (Lipinski definition) is 7. The molecule has 0 radical (unpaired) electrons. The predicted octanol–water partition coefficient (Wildman–Crippen LogP) is 4.35. The van der Waals surface area contributed by atoms with E-state index in [0.717, 1.165) is 37.8 Å². The second-order valence-corrected chi connectivity index (χ2v) is 6.83. The zero-order valence-electron chi connectivity index (χ0n) is 14.5. The molecule has 0 saturated heterocycles. The highest BCUT2D eigenvalue weighted by atomic mass is 32.2. The van der Waals surface area contributed by atoms with Crippen LogP contribution in [0, 0.1) is 0 Å². The summed E-state index contributed by atoms with van der Waals surface area (Å²) in [4.78, 5) is 28.7. The Morgan fingerprint density at radius 3 is 2.35 bits per heavy atom. The summed E-state index contributed by atoms with van der Waals surface area (Å²) in [5.41, 5.74) is 0. The molecule has 2 amide bonds. The van der Waals surface area contributed by atoms with E-state index in [9.17, 15) is 9.59 Å². The average molecular weight is 366 g/mol. The van der Waals surface area contributed by atoms with E-state index in [2.05, 4.69) is 5.16 Å². The van der Waals surface area contributed by atoms with Gasteiger partial charge in [-0.2, -0.15) is 0 Å². The van der Waals surface area contributed by atoms with Gasteiger partial charge in [0.2, 0.25) is 0 Å². The lowest BCUT2D eigenvalue weighted by atomic mass is 10.3. The van der Waals surface area contributed by atoms with Gasteiger partial charge in [0, 0.05) is 13.6 Å². The number of rotatable bonds is 9. The van der Waals surface area contributed by atoms with Gasteiger partial charge in [0.1, 0.15) is 5.04 Å².